The monoisotopic (exact) mass is 426 g/mol. The number of rotatable bonds is 2. The van der Waals surface area contributed by atoms with E-state index < -0.39 is 29.1 Å². The first-order chi connectivity index (χ1) is 12.9. The third kappa shape index (κ3) is 1.96. The van der Waals surface area contributed by atoms with Gasteiger partial charge in [0.25, 0.3) is 5.91 Å². The average molecular weight is 427 g/mol. The molecule has 3 aliphatic heterocycles. The van der Waals surface area contributed by atoms with E-state index in [-0.39, 0.29) is 11.8 Å². The molecule has 1 N–H and O–H groups in total. The van der Waals surface area contributed by atoms with Crippen LogP contribution in [0.15, 0.2) is 59.1 Å². The van der Waals surface area contributed by atoms with Crippen LogP contribution in [-0.2, 0) is 24.8 Å². The zero-order chi connectivity index (χ0) is 19.0. The van der Waals surface area contributed by atoms with Gasteiger partial charge in [-0.2, -0.15) is 0 Å². The molecule has 3 saturated heterocycles. The summed E-state index contributed by atoms with van der Waals surface area (Å²) in [5, 5.41) is 2.86. The first-order valence-corrected chi connectivity index (χ1v) is 9.39. The van der Waals surface area contributed by atoms with Crippen molar-refractivity contribution in [2.24, 2.45) is 11.8 Å². The van der Waals surface area contributed by atoms with E-state index in [0.29, 0.717) is 11.3 Å². The Balaban J connectivity index is 1.67. The Morgan fingerprint density at radius 3 is 2.26 bits per heavy atom. The van der Waals surface area contributed by atoms with Crippen molar-refractivity contribution in [2.45, 2.75) is 18.2 Å². The maximum atomic E-state index is 13.4. The van der Waals surface area contributed by atoms with Crippen molar-refractivity contribution in [3.8, 4) is 0 Å². The number of amides is 3. The Labute approximate surface area is 163 Å². The molecule has 2 aromatic carbocycles. The molecule has 0 unspecified atom stereocenters. The van der Waals surface area contributed by atoms with Crippen LogP contribution in [0.25, 0.3) is 0 Å². The van der Waals surface area contributed by atoms with Crippen LogP contribution in [0, 0.1) is 11.8 Å². The van der Waals surface area contributed by atoms with Crippen LogP contribution in [0.4, 0.5) is 5.69 Å². The lowest BCUT2D eigenvalue weighted by Crippen LogP contribution is -2.55. The summed E-state index contributed by atoms with van der Waals surface area (Å²) in [5.74, 6) is -2.80. The smallest absolute Gasteiger partial charge is 0.255 e. The highest BCUT2D eigenvalue weighted by Crippen LogP contribution is 2.59. The number of piperidine rings is 1. The quantitative estimate of drug-likeness (QED) is 0.747. The molecule has 5 rings (SSSR count). The number of nitrogens with one attached hydrogen (secondary N) is 1. The number of ether oxygens (including phenoxy) is 1. The zero-order valence-electron chi connectivity index (χ0n) is 14.3. The number of hydrogen-bond donors (Lipinski definition) is 1. The number of benzene rings is 2. The SMILES string of the molecule is C[C@]12O[C@](c3ccccc3)(NC1=O)[C@@H]1C(=O)N(c3ccc(Br)cc3)C(=O)[C@@H]12. The first-order valence-electron chi connectivity index (χ1n) is 8.60. The Morgan fingerprint density at radius 2 is 1.59 bits per heavy atom. The molecule has 3 fully saturated rings. The van der Waals surface area contributed by atoms with E-state index in [1.807, 2.05) is 18.2 Å². The van der Waals surface area contributed by atoms with Crippen LogP contribution in [-0.4, -0.2) is 23.3 Å². The van der Waals surface area contributed by atoms with Crippen molar-refractivity contribution in [3.63, 3.8) is 0 Å². The summed E-state index contributed by atoms with van der Waals surface area (Å²) in [6.07, 6.45) is 0. The Morgan fingerprint density at radius 1 is 0.963 bits per heavy atom. The molecule has 0 saturated carbocycles. The predicted octanol–water partition coefficient (Wildman–Crippen LogP) is 2.33. The van der Waals surface area contributed by atoms with Gasteiger partial charge in [0.15, 0.2) is 11.3 Å². The van der Waals surface area contributed by atoms with Crippen molar-refractivity contribution in [2.75, 3.05) is 4.90 Å². The second-order valence-corrected chi connectivity index (χ2v) is 8.12. The van der Waals surface area contributed by atoms with Crippen LogP contribution in [0.1, 0.15) is 12.5 Å². The van der Waals surface area contributed by atoms with Crippen molar-refractivity contribution >= 4 is 39.3 Å². The first kappa shape index (κ1) is 16.6. The number of halogens is 1. The zero-order valence-corrected chi connectivity index (χ0v) is 15.9. The number of anilines is 1. The van der Waals surface area contributed by atoms with Gasteiger partial charge in [-0.05, 0) is 31.2 Å². The number of imide groups is 1. The Hall–Kier alpha value is -2.51. The number of carbonyl (C=O) groups excluding carboxylic acids is 3. The van der Waals surface area contributed by atoms with E-state index in [4.69, 9.17) is 4.74 Å². The van der Waals surface area contributed by atoms with Gasteiger partial charge in [0.2, 0.25) is 11.8 Å². The van der Waals surface area contributed by atoms with E-state index >= 15 is 0 Å². The van der Waals surface area contributed by atoms with Gasteiger partial charge in [-0.25, -0.2) is 4.90 Å². The number of hydrogen-bond acceptors (Lipinski definition) is 4. The minimum Gasteiger partial charge on any atom is -0.334 e. The highest BCUT2D eigenvalue weighted by atomic mass is 79.9. The highest BCUT2D eigenvalue weighted by Gasteiger charge is 2.78. The molecule has 0 aromatic heterocycles. The van der Waals surface area contributed by atoms with E-state index in [9.17, 15) is 14.4 Å². The number of fused-ring (bicyclic) bond motifs is 5. The lowest BCUT2D eigenvalue weighted by Gasteiger charge is -2.32. The van der Waals surface area contributed by atoms with Gasteiger partial charge >= 0.3 is 0 Å². The van der Waals surface area contributed by atoms with E-state index in [2.05, 4.69) is 21.2 Å². The van der Waals surface area contributed by atoms with E-state index in [0.717, 1.165) is 4.47 Å². The van der Waals surface area contributed by atoms with Crippen molar-refractivity contribution in [1.29, 1.82) is 0 Å². The summed E-state index contributed by atoms with van der Waals surface area (Å²) >= 11 is 3.35. The molecule has 136 valence electrons. The molecule has 0 spiro atoms. The van der Waals surface area contributed by atoms with Gasteiger partial charge in [0.05, 0.1) is 11.6 Å². The molecule has 27 heavy (non-hydrogen) atoms. The molecule has 0 radical (unpaired) electrons. The minimum absolute atomic E-state index is 0.361. The molecule has 3 amide bonds. The predicted molar refractivity (Wildman–Crippen MR) is 99.4 cm³/mol. The maximum absolute atomic E-state index is 13.4. The van der Waals surface area contributed by atoms with Gasteiger partial charge in [-0.15, -0.1) is 0 Å². The molecule has 2 aromatic rings. The van der Waals surface area contributed by atoms with Gasteiger partial charge in [0, 0.05) is 10.0 Å². The van der Waals surface area contributed by atoms with Gasteiger partial charge in [0.1, 0.15) is 5.92 Å². The molecular formula is C20H15BrN2O4. The molecule has 7 heteroatoms. The second kappa shape index (κ2) is 5.27. The summed E-state index contributed by atoms with van der Waals surface area (Å²) in [6.45, 7) is 1.59. The van der Waals surface area contributed by atoms with Crippen molar-refractivity contribution in [1.82, 2.24) is 5.32 Å². The van der Waals surface area contributed by atoms with Crippen LogP contribution in [0.2, 0.25) is 0 Å². The summed E-state index contributed by atoms with van der Waals surface area (Å²) in [6, 6.07) is 16.0. The average Bonchev–Trinajstić information content (AvgIpc) is 3.20. The summed E-state index contributed by atoms with van der Waals surface area (Å²) in [5.41, 5.74) is -1.55. The Kier molecular flexibility index (Phi) is 3.25. The molecule has 3 aliphatic rings. The molecule has 3 heterocycles. The maximum Gasteiger partial charge on any atom is 0.255 e. The summed E-state index contributed by atoms with van der Waals surface area (Å²) in [7, 11) is 0. The molecular weight excluding hydrogens is 412 g/mol. The van der Waals surface area contributed by atoms with Crippen LogP contribution >= 0.6 is 15.9 Å². The van der Waals surface area contributed by atoms with Crippen LogP contribution in [0.5, 0.6) is 0 Å². The Bertz CT molecular complexity index is 993. The molecule has 0 aliphatic carbocycles. The van der Waals surface area contributed by atoms with Gasteiger partial charge < -0.3 is 10.1 Å². The third-order valence-corrected chi connectivity index (χ3v) is 6.28. The van der Waals surface area contributed by atoms with Crippen LogP contribution in [0.3, 0.4) is 0 Å². The molecule has 4 atom stereocenters. The fourth-order valence-electron chi connectivity index (χ4n) is 4.52. The van der Waals surface area contributed by atoms with E-state index in [1.165, 1.54) is 4.90 Å². The summed E-state index contributed by atoms with van der Waals surface area (Å²) in [4.78, 5) is 40.5. The minimum atomic E-state index is -1.38. The highest BCUT2D eigenvalue weighted by molar-refractivity contribution is 9.10. The lowest BCUT2D eigenvalue weighted by molar-refractivity contribution is -0.140. The van der Waals surface area contributed by atoms with Crippen molar-refractivity contribution in [3.05, 3.63) is 64.6 Å². The van der Waals surface area contributed by atoms with Crippen molar-refractivity contribution < 1.29 is 19.1 Å². The topological polar surface area (TPSA) is 75.7 Å². The number of carbonyl (C=O) groups is 3. The normalized spacial score (nSPS) is 34.1. The van der Waals surface area contributed by atoms with Gasteiger partial charge in [-0.3, -0.25) is 14.4 Å². The molecule has 6 nitrogen and oxygen atoms in total. The van der Waals surface area contributed by atoms with Gasteiger partial charge in [-0.1, -0.05) is 46.3 Å². The second-order valence-electron chi connectivity index (χ2n) is 7.21. The van der Waals surface area contributed by atoms with E-state index in [1.54, 1.807) is 43.3 Å². The largest absolute Gasteiger partial charge is 0.334 e. The van der Waals surface area contributed by atoms with Crippen LogP contribution < -0.4 is 10.2 Å². The fourth-order valence-corrected chi connectivity index (χ4v) is 4.78. The standard InChI is InChI=1S/C20H15BrN2O4/c1-19-14-15(17(25)23(16(14)24)13-9-7-12(21)8-10-13)20(27-19,22-18(19)26)11-5-3-2-4-6-11/h2-10,14-15H,1H3,(H,22,26)/t14-,15+,19-,20+/m1/s1. The molecule has 2 bridgehead atoms. The lowest BCUT2D eigenvalue weighted by atomic mass is 9.74. The summed E-state index contributed by atoms with van der Waals surface area (Å²) < 4.78 is 6.97. The third-order valence-electron chi connectivity index (χ3n) is 5.75. The number of nitrogens with zero attached hydrogens (tertiary/aromatic N) is 1. The fraction of sp³-hybridized carbons (Fsp3) is 0.250.